The predicted octanol–water partition coefficient (Wildman–Crippen LogP) is 3.94. The zero-order chi connectivity index (χ0) is 23.3. The molecule has 6 heteroatoms. The number of carbonyl (C=O) groups excluding carboxylic acids is 3. The van der Waals surface area contributed by atoms with Gasteiger partial charge in [-0.05, 0) is 67.2 Å². The van der Waals surface area contributed by atoms with Gasteiger partial charge in [-0.2, -0.15) is 0 Å². The number of benzene rings is 1. The molecule has 32 heavy (non-hydrogen) atoms. The van der Waals surface area contributed by atoms with Crippen molar-refractivity contribution in [1.29, 1.82) is 0 Å². The van der Waals surface area contributed by atoms with E-state index >= 15 is 0 Å². The molecular formula is C26H30O6. The van der Waals surface area contributed by atoms with Gasteiger partial charge in [0.25, 0.3) is 0 Å². The second kappa shape index (κ2) is 7.95. The number of fused-ring (bicyclic) bond motifs is 5. The van der Waals surface area contributed by atoms with E-state index in [-0.39, 0.29) is 41.8 Å². The van der Waals surface area contributed by atoms with Gasteiger partial charge in [0.2, 0.25) is 0 Å². The number of aryl methyl sites for hydroxylation is 1. The average molecular weight is 439 g/mol. The normalized spacial score (nSPS) is 34.8. The van der Waals surface area contributed by atoms with Gasteiger partial charge in [0.15, 0.2) is 5.60 Å². The Balaban J connectivity index is 1.76. The predicted molar refractivity (Wildman–Crippen MR) is 117 cm³/mol. The zero-order valence-corrected chi connectivity index (χ0v) is 19.1. The smallest absolute Gasteiger partial charge is 0.308 e. The van der Waals surface area contributed by atoms with Crippen LogP contribution in [0.2, 0.25) is 0 Å². The molecule has 1 aromatic rings. The minimum Gasteiger partial charge on any atom is -0.462 e. The van der Waals surface area contributed by atoms with Crippen molar-refractivity contribution in [3.05, 3.63) is 29.3 Å². The minimum atomic E-state index is -0.994. The zero-order valence-electron chi connectivity index (χ0n) is 19.1. The third-order valence-corrected chi connectivity index (χ3v) is 7.90. The number of ether oxygens (including phenoxy) is 3. The maximum atomic E-state index is 12.1. The van der Waals surface area contributed by atoms with Gasteiger partial charge in [-0.25, -0.2) is 0 Å². The largest absolute Gasteiger partial charge is 0.462 e. The molecule has 0 unspecified atom stereocenters. The molecule has 0 aliphatic heterocycles. The van der Waals surface area contributed by atoms with Gasteiger partial charge in [-0.3, -0.25) is 14.4 Å². The maximum absolute atomic E-state index is 12.1. The first-order valence-electron chi connectivity index (χ1n) is 11.3. The Morgan fingerprint density at radius 3 is 2.47 bits per heavy atom. The lowest BCUT2D eigenvalue weighted by Gasteiger charge is -2.55. The second-order valence-electron chi connectivity index (χ2n) is 9.66. The molecule has 6 atom stereocenters. The molecule has 170 valence electrons. The van der Waals surface area contributed by atoms with E-state index in [4.69, 9.17) is 20.6 Å². The van der Waals surface area contributed by atoms with E-state index in [0.717, 1.165) is 30.4 Å². The Kier molecular flexibility index (Phi) is 5.56. The van der Waals surface area contributed by atoms with Crippen molar-refractivity contribution in [2.75, 3.05) is 0 Å². The number of hydrogen-bond donors (Lipinski definition) is 0. The molecule has 6 nitrogen and oxygen atoms in total. The fourth-order valence-electron chi connectivity index (χ4n) is 6.83. The highest BCUT2D eigenvalue weighted by Gasteiger charge is 2.66. The fraction of sp³-hybridized carbons (Fsp3) is 0.577. The van der Waals surface area contributed by atoms with E-state index in [0.29, 0.717) is 18.6 Å². The summed E-state index contributed by atoms with van der Waals surface area (Å²) in [5.41, 5.74) is 0.777. The summed E-state index contributed by atoms with van der Waals surface area (Å²) in [4.78, 5) is 35.4. The highest BCUT2D eigenvalue weighted by atomic mass is 16.6. The first-order chi connectivity index (χ1) is 15.1. The Morgan fingerprint density at radius 2 is 1.84 bits per heavy atom. The van der Waals surface area contributed by atoms with Gasteiger partial charge in [0, 0.05) is 32.1 Å². The van der Waals surface area contributed by atoms with Crippen molar-refractivity contribution in [1.82, 2.24) is 0 Å². The van der Waals surface area contributed by atoms with Gasteiger partial charge < -0.3 is 14.2 Å². The van der Waals surface area contributed by atoms with Crippen molar-refractivity contribution >= 4 is 17.9 Å². The summed E-state index contributed by atoms with van der Waals surface area (Å²) >= 11 is 0. The molecule has 4 rings (SSSR count). The van der Waals surface area contributed by atoms with Gasteiger partial charge in [0.1, 0.15) is 11.9 Å². The standard InChI is InChI=1S/C26H30O6/c1-6-26(32-17(4)29)12-11-22-21-9-7-18-13-19(30-15(2)27)8-10-20(18)24(21)23(31-16(3)28)14-25(22,26)5/h1,8,10,13,21-24H,7,9,11-12,14H2,2-5H3/t21-,22-,23-,24+,25-,26-/m1/s1. The number of esters is 3. The number of rotatable bonds is 3. The van der Waals surface area contributed by atoms with E-state index in [9.17, 15) is 14.4 Å². The highest BCUT2D eigenvalue weighted by Crippen LogP contribution is 2.65. The van der Waals surface area contributed by atoms with Crippen LogP contribution in [0.1, 0.15) is 70.4 Å². The SMILES string of the molecule is C#C[C@@]1(OC(C)=O)CC[C@@H]2[C@H]3CCc4cc(OC(C)=O)ccc4[C@@H]3[C@H](OC(C)=O)C[C@]21C. The molecule has 0 heterocycles. The van der Waals surface area contributed by atoms with Crippen LogP contribution in [-0.2, 0) is 30.3 Å². The van der Waals surface area contributed by atoms with Crippen molar-refractivity contribution in [3.63, 3.8) is 0 Å². The van der Waals surface area contributed by atoms with Crippen molar-refractivity contribution in [2.45, 2.75) is 77.4 Å². The topological polar surface area (TPSA) is 78.9 Å². The van der Waals surface area contributed by atoms with E-state index in [1.54, 1.807) is 6.07 Å². The first kappa shape index (κ1) is 22.4. The Hall–Kier alpha value is -2.81. The van der Waals surface area contributed by atoms with Crippen molar-refractivity contribution < 1.29 is 28.6 Å². The molecule has 2 saturated carbocycles. The van der Waals surface area contributed by atoms with Crippen LogP contribution >= 0.6 is 0 Å². The number of terminal acetylenes is 1. The lowest BCUT2D eigenvalue weighted by molar-refractivity contribution is -0.179. The van der Waals surface area contributed by atoms with Crippen LogP contribution in [0.3, 0.4) is 0 Å². The molecule has 0 spiro atoms. The molecule has 3 aliphatic carbocycles. The summed E-state index contributed by atoms with van der Waals surface area (Å²) in [5.74, 6) is 2.80. The summed E-state index contributed by atoms with van der Waals surface area (Å²) in [5, 5.41) is 0. The Morgan fingerprint density at radius 1 is 1.09 bits per heavy atom. The monoisotopic (exact) mass is 438 g/mol. The fourth-order valence-corrected chi connectivity index (χ4v) is 6.83. The van der Waals surface area contributed by atoms with Crippen molar-refractivity contribution in [2.24, 2.45) is 17.3 Å². The average Bonchev–Trinajstić information content (AvgIpc) is 2.98. The van der Waals surface area contributed by atoms with Gasteiger partial charge in [-0.1, -0.05) is 18.9 Å². The summed E-state index contributed by atoms with van der Waals surface area (Å²) < 4.78 is 17.0. The second-order valence-corrected chi connectivity index (χ2v) is 9.66. The summed E-state index contributed by atoms with van der Waals surface area (Å²) in [6, 6.07) is 5.73. The molecule has 0 amide bonds. The molecule has 0 radical (unpaired) electrons. The molecule has 1 aromatic carbocycles. The molecular weight excluding hydrogens is 408 g/mol. The lowest BCUT2D eigenvalue weighted by atomic mass is 9.52. The van der Waals surface area contributed by atoms with Crippen LogP contribution in [-0.4, -0.2) is 29.6 Å². The van der Waals surface area contributed by atoms with Crippen LogP contribution in [0.5, 0.6) is 5.75 Å². The van der Waals surface area contributed by atoms with Crippen LogP contribution in [0.15, 0.2) is 18.2 Å². The van der Waals surface area contributed by atoms with E-state index in [1.807, 2.05) is 12.1 Å². The van der Waals surface area contributed by atoms with E-state index < -0.39 is 11.0 Å². The van der Waals surface area contributed by atoms with Crippen LogP contribution in [0.4, 0.5) is 0 Å². The van der Waals surface area contributed by atoms with E-state index in [1.165, 1.54) is 20.8 Å². The summed E-state index contributed by atoms with van der Waals surface area (Å²) in [6.07, 6.45) is 9.34. The van der Waals surface area contributed by atoms with Gasteiger partial charge >= 0.3 is 17.9 Å². The summed E-state index contributed by atoms with van der Waals surface area (Å²) in [6.45, 7) is 6.29. The van der Waals surface area contributed by atoms with Gasteiger partial charge in [0.05, 0.1) is 0 Å². The molecule has 0 aromatic heterocycles. The highest BCUT2D eigenvalue weighted by molar-refractivity contribution is 5.69. The van der Waals surface area contributed by atoms with Crippen LogP contribution < -0.4 is 4.74 Å². The quantitative estimate of drug-likeness (QED) is 0.404. The van der Waals surface area contributed by atoms with Gasteiger partial charge in [-0.15, -0.1) is 6.42 Å². The van der Waals surface area contributed by atoms with E-state index in [2.05, 4.69) is 12.8 Å². The number of hydrogen-bond acceptors (Lipinski definition) is 6. The molecule has 0 N–H and O–H groups in total. The minimum absolute atomic E-state index is 0.0259. The van der Waals surface area contributed by atoms with Crippen LogP contribution in [0, 0.1) is 29.6 Å². The molecule has 0 saturated heterocycles. The lowest BCUT2D eigenvalue weighted by Crippen LogP contribution is -2.56. The molecule has 2 fully saturated rings. The Bertz CT molecular complexity index is 1010. The first-order valence-corrected chi connectivity index (χ1v) is 11.3. The van der Waals surface area contributed by atoms with Crippen molar-refractivity contribution in [3.8, 4) is 18.1 Å². The third-order valence-electron chi connectivity index (χ3n) is 7.90. The Labute approximate surface area is 189 Å². The third kappa shape index (κ3) is 3.48. The molecule has 3 aliphatic rings. The molecule has 0 bridgehead atoms. The summed E-state index contributed by atoms with van der Waals surface area (Å²) in [7, 11) is 0. The van der Waals surface area contributed by atoms with Crippen LogP contribution in [0.25, 0.3) is 0 Å². The number of carbonyl (C=O) groups is 3. The maximum Gasteiger partial charge on any atom is 0.308 e.